The molecule has 6 heteroatoms. The third-order valence-corrected chi connectivity index (χ3v) is 3.60. The lowest BCUT2D eigenvalue weighted by Crippen LogP contribution is -2.00. The van der Waals surface area contributed by atoms with Gasteiger partial charge in [0.25, 0.3) is 0 Å². The minimum Gasteiger partial charge on any atom is -0.489 e. The van der Waals surface area contributed by atoms with E-state index in [1.165, 1.54) is 12.1 Å². The van der Waals surface area contributed by atoms with E-state index in [9.17, 15) is 8.42 Å². The number of aromatic nitrogens is 1. The van der Waals surface area contributed by atoms with Gasteiger partial charge in [0.15, 0.2) is 9.84 Å². The Balaban J connectivity index is 2.10. The van der Waals surface area contributed by atoms with Crippen LogP contribution in [0.25, 0.3) is 0 Å². The van der Waals surface area contributed by atoms with E-state index in [0.717, 1.165) is 11.8 Å². The van der Waals surface area contributed by atoms with Gasteiger partial charge in [0, 0.05) is 18.0 Å². The highest BCUT2D eigenvalue weighted by molar-refractivity contribution is 7.90. The molecule has 1 aromatic carbocycles. The Morgan fingerprint density at radius 3 is 2.68 bits per heavy atom. The highest BCUT2D eigenvalue weighted by atomic mass is 32.2. The maximum absolute atomic E-state index is 11.4. The minimum absolute atomic E-state index is 0.237. The van der Waals surface area contributed by atoms with E-state index in [1.54, 1.807) is 24.4 Å². The minimum atomic E-state index is -3.22. The summed E-state index contributed by atoms with van der Waals surface area (Å²) in [6, 6.07) is 9.88. The number of sulfone groups is 1. The standard InChI is InChI=1S/C13H14N2O3S/c1-19(16,17)12-4-2-3-11(7-12)18-9-10-5-6-13(14)15-8-10/h2-8H,9H2,1H3,(H2,14,15). The second kappa shape index (κ2) is 5.27. The number of rotatable bonds is 4. The number of nitrogens with two attached hydrogens (primary N) is 1. The number of hydrogen-bond donors (Lipinski definition) is 1. The first kappa shape index (κ1) is 13.4. The van der Waals surface area contributed by atoms with Crippen LogP contribution in [-0.4, -0.2) is 19.7 Å². The highest BCUT2D eigenvalue weighted by Gasteiger charge is 2.07. The summed E-state index contributed by atoms with van der Waals surface area (Å²) in [6.45, 7) is 0.306. The monoisotopic (exact) mass is 278 g/mol. The van der Waals surface area contributed by atoms with Gasteiger partial charge in [0.1, 0.15) is 18.2 Å². The van der Waals surface area contributed by atoms with Crippen LogP contribution in [-0.2, 0) is 16.4 Å². The van der Waals surface area contributed by atoms with Gasteiger partial charge in [0.2, 0.25) is 0 Å². The summed E-state index contributed by atoms with van der Waals surface area (Å²) in [4.78, 5) is 4.19. The summed E-state index contributed by atoms with van der Waals surface area (Å²) in [5, 5.41) is 0. The number of nitrogen functional groups attached to an aromatic ring is 1. The van der Waals surface area contributed by atoms with Crippen molar-refractivity contribution in [2.75, 3.05) is 12.0 Å². The Kier molecular flexibility index (Phi) is 3.71. The van der Waals surface area contributed by atoms with Gasteiger partial charge in [-0.25, -0.2) is 13.4 Å². The molecular formula is C13H14N2O3S. The van der Waals surface area contributed by atoms with Gasteiger partial charge < -0.3 is 10.5 Å². The molecule has 0 unspecified atom stereocenters. The zero-order chi connectivity index (χ0) is 13.9. The molecule has 0 spiro atoms. The van der Waals surface area contributed by atoms with E-state index in [1.807, 2.05) is 6.07 Å². The molecule has 0 radical (unpaired) electrons. The molecule has 5 nitrogen and oxygen atoms in total. The molecule has 19 heavy (non-hydrogen) atoms. The molecule has 0 fully saturated rings. The second-order valence-corrected chi connectivity index (χ2v) is 6.14. The van der Waals surface area contributed by atoms with Gasteiger partial charge in [-0.15, -0.1) is 0 Å². The van der Waals surface area contributed by atoms with Crippen LogP contribution >= 0.6 is 0 Å². The van der Waals surface area contributed by atoms with Crippen molar-refractivity contribution in [1.82, 2.24) is 4.98 Å². The van der Waals surface area contributed by atoms with E-state index in [2.05, 4.69) is 4.98 Å². The van der Waals surface area contributed by atoms with Crippen molar-refractivity contribution in [2.45, 2.75) is 11.5 Å². The second-order valence-electron chi connectivity index (χ2n) is 4.13. The topological polar surface area (TPSA) is 82.3 Å². The summed E-state index contributed by atoms with van der Waals surface area (Å²) < 4.78 is 28.4. The van der Waals surface area contributed by atoms with Crippen molar-refractivity contribution in [3.05, 3.63) is 48.2 Å². The molecular weight excluding hydrogens is 264 g/mol. The fourth-order valence-electron chi connectivity index (χ4n) is 1.48. The number of pyridine rings is 1. The molecule has 100 valence electrons. The predicted molar refractivity (Wildman–Crippen MR) is 72.5 cm³/mol. The largest absolute Gasteiger partial charge is 0.489 e. The van der Waals surface area contributed by atoms with E-state index in [4.69, 9.17) is 10.5 Å². The molecule has 1 heterocycles. The van der Waals surface area contributed by atoms with Gasteiger partial charge in [-0.3, -0.25) is 0 Å². The van der Waals surface area contributed by atoms with E-state index in [-0.39, 0.29) is 4.90 Å². The predicted octanol–water partition coefficient (Wildman–Crippen LogP) is 1.65. The lowest BCUT2D eigenvalue weighted by molar-refractivity contribution is 0.305. The van der Waals surface area contributed by atoms with E-state index in [0.29, 0.717) is 18.2 Å². The van der Waals surface area contributed by atoms with Crippen molar-refractivity contribution < 1.29 is 13.2 Å². The number of ether oxygens (including phenoxy) is 1. The number of nitrogens with zero attached hydrogens (tertiary/aromatic N) is 1. The Labute approximate surface area is 112 Å². The molecule has 0 aliphatic heterocycles. The van der Waals surface area contributed by atoms with Crippen LogP contribution in [0.1, 0.15) is 5.56 Å². The zero-order valence-electron chi connectivity index (χ0n) is 10.4. The smallest absolute Gasteiger partial charge is 0.175 e. The van der Waals surface area contributed by atoms with E-state index < -0.39 is 9.84 Å². The van der Waals surface area contributed by atoms with Crippen LogP contribution in [0, 0.1) is 0 Å². The quantitative estimate of drug-likeness (QED) is 0.919. The lowest BCUT2D eigenvalue weighted by atomic mass is 10.3. The van der Waals surface area contributed by atoms with Crippen LogP contribution in [0.3, 0.4) is 0 Å². The van der Waals surface area contributed by atoms with Crippen molar-refractivity contribution in [3.63, 3.8) is 0 Å². The number of hydrogen-bond acceptors (Lipinski definition) is 5. The summed E-state index contributed by atoms with van der Waals surface area (Å²) >= 11 is 0. The molecule has 0 aliphatic rings. The third kappa shape index (κ3) is 3.69. The van der Waals surface area contributed by atoms with Crippen LogP contribution in [0.5, 0.6) is 5.75 Å². The van der Waals surface area contributed by atoms with Crippen LogP contribution < -0.4 is 10.5 Å². The molecule has 1 aromatic heterocycles. The highest BCUT2D eigenvalue weighted by Crippen LogP contribution is 2.18. The van der Waals surface area contributed by atoms with Crippen molar-refractivity contribution in [2.24, 2.45) is 0 Å². The Bertz CT molecular complexity index is 667. The molecule has 0 atom stereocenters. The van der Waals surface area contributed by atoms with Crippen LogP contribution in [0.2, 0.25) is 0 Å². The first-order valence-electron chi connectivity index (χ1n) is 5.58. The Hall–Kier alpha value is -2.08. The number of anilines is 1. The van der Waals surface area contributed by atoms with Gasteiger partial charge in [-0.2, -0.15) is 0 Å². The summed E-state index contributed by atoms with van der Waals surface area (Å²) in [7, 11) is -3.22. The summed E-state index contributed by atoms with van der Waals surface area (Å²) in [5.41, 5.74) is 6.34. The Morgan fingerprint density at radius 1 is 1.26 bits per heavy atom. The van der Waals surface area contributed by atoms with Crippen molar-refractivity contribution in [3.8, 4) is 5.75 Å². The van der Waals surface area contributed by atoms with Gasteiger partial charge in [-0.1, -0.05) is 12.1 Å². The molecule has 0 amide bonds. The van der Waals surface area contributed by atoms with Crippen molar-refractivity contribution >= 4 is 15.7 Å². The zero-order valence-corrected chi connectivity index (χ0v) is 11.2. The first-order chi connectivity index (χ1) is 8.95. The van der Waals surface area contributed by atoms with Crippen LogP contribution in [0.4, 0.5) is 5.82 Å². The molecule has 0 bridgehead atoms. The van der Waals surface area contributed by atoms with E-state index >= 15 is 0 Å². The maximum atomic E-state index is 11.4. The first-order valence-corrected chi connectivity index (χ1v) is 7.47. The van der Waals surface area contributed by atoms with Gasteiger partial charge in [0.05, 0.1) is 4.90 Å². The molecule has 2 aromatic rings. The normalized spacial score (nSPS) is 11.2. The van der Waals surface area contributed by atoms with Gasteiger partial charge >= 0.3 is 0 Å². The Morgan fingerprint density at radius 2 is 2.05 bits per heavy atom. The molecule has 2 rings (SSSR count). The molecule has 2 N–H and O–H groups in total. The molecule has 0 aliphatic carbocycles. The fourth-order valence-corrected chi connectivity index (χ4v) is 2.14. The fraction of sp³-hybridized carbons (Fsp3) is 0.154. The summed E-state index contributed by atoms with van der Waals surface area (Å²) in [5.74, 6) is 0.947. The number of benzene rings is 1. The molecule has 0 saturated carbocycles. The SMILES string of the molecule is CS(=O)(=O)c1cccc(OCc2ccc(N)nc2)c1. The maximum Gasteiger partial charge on any atom is 0.175 e. The lowest BCUT2D eigenvalue weighted by Gasteiger charge is -2.07. The third-order valence-electron chi connectivity index (χ3n) is 2.49. The average molecular weight is 278 g/mol. The average Bonchev–Trinajstić information content (AvgIpc) is 2.37. The molecule has 0 saturated heterocycles. The van der Waals surface area contributed by atoms with Gasteiger partial charge in [-0.05, 0) is 24.3 Å². The van der Waals surface area contributed by atoms with Crippen molar-refractivity contribution in [1.29, 1.82) is 0 Å². The van der Waals surface area contributed by atoms with Crippen LogP contribution in [0.15, 0.2) is 47.5 Å². The summed E-state index contributed by atoms with van der Waals surface area (Å²) in [6.07, 6.45) is 2.78.